The van der Waals surface area contributed by atoms with Crippen LogP contribution in [0.4, 0.5) is 20.2 Å². The summed E-state index contributed by atoms with van der Waals surface area (Å²) in [5.74, 6) is -2.51. The summed E-state index contributed by atoms with van der Waals surface area (Å²) in [5.41, 5.74) is 4.98. The van der Waals surface area contributed by atoms with Crippen molar-refractivity contribution in [1.29, 1.82) is 0 Å². The molecule has 0 atom stereocenters. The summed E-state index contributed by atoms with van der Waals surface area (Å²) < 4.78 is 26.5. The van der Waals surface area contributed by atoms with Crippen LogP contribution in [0.3, 0.4) is 0 Å². The van der Waals surface area contributed by atoms with Gasteiger partial charge in [0, 0.05) is 6.07 Å². The molecule has 0 radical (unpaired) electrons. The highest BCUT2D eigenvalue weighted by atomic mass is 35.5. The molecule has 0 fully saturated rings. The zero-order chi connectivity index (χ0) is 14.9. The van der Waals surface area contributed by atoms with Crippen LogP contribution in [-0.2, 0) is 0 Å². The lowest BCUT2D eigenvalue weighted by Gasteiger charge is -2.10. The topological polar surface area (TPSA) is 55.1 Å². The van der Waals surface area contributed by atoms with Gasteiger partial charge in [-0.2, -0.15) is 0 Å². The van der Waals surface area contributed by atoms with Crippen molar-refractivity contribution in [3.8, 4) is 0 Å². The van der Waals surface area contributed by atoms with E-state index in [2.05, 4.69) is 5.32 Å². The summed E-state index contributed by atoms with van der Waals surface area (Å²) in [6.45, 7) is 0. The summed E-state index contributed by atoms with van der Waals surface area (Å²) in [6, 6.07) is 5.96. The number of carbonyl (C=O) groups excluding carboxylic acids is 1. The number of halogens is 4. The standard InChI is InChI=1S/C13H8Cl2F2N2O/c14-8-3-1-2-7(11(8)15)13(20)19-12-9(17)4-6(16)5-10(12)18/h1-5H,18H2,(H,19,20). The van der Waals surface area contributed by atoms with Gasteiger partial charge in [0.15, 0.2) is 5.82 Å². The lowest BCUT2D eigenvalue weighted by atomic mass is 10.2. The van der Waals surface area contributed by atoms with Crippen LogP contribution in [0, 0.1) is 11.6 Å². The molecule has 7 heteroatoms. The Balaban J connectivity index is 2.36. The maximum Gasteiger partial charge on any atom is 0.257 e. The maximum atomic E-state index is 13.6. The third-order valence-electron chi connectivity index (χ3n) is 2.52. The first kappa shape index (κ1) is 14.6. The quantitative estimate of drug-likeness (QED) is 0.819. The average Bonchev–Trinajstić information content (AvgIpc) is 2.36. The molecule has 0 heterocycles. The van der Waals surface area contributed by atoms with Crippen molar-refractivity contribution in [2.75, 3.05) is 11.1 Å². The molecule has 0 bridgehead atoms. The number of nitrogens with one attached hydrogen (secondary N) is 1. The predicted molar refractivity (Wildman–Crippen MR) is 75.2 cm³/mol. The Morgan fingerprint density at radius 1 is 1.20 bits per heavy atom. The Labute approximate surface area is 123 Å². The minimum Gasteiger partial charge on any atom is -0.397 e. The van der Waals surface area contributed by atoms with E-state index >= 15 is 0 Å². The second-order valence-corrected chi connectivity index (χ2v) is 4.69. The minimum atomic E-state index is -0.978. The zero-order valence-corrected chi connectivity index (χ0v) is 11.4. The number of benzene rings is 2. The van der Waals surface area contributed by atoms with Gasteiger partial charge in [0.2, 0.25) is 0 Å². The first-order valence-corrected chi connectivity index (χ1v) is 6.15. The van der Waals surface area contributed by atoms with Crippen LogP contribution in [0.2, 0.25) is 10.0 Å². The molecule has 20 heavy (non-hydrogen) atoms. The van der Waals surface area contributed by atoms with Gasteiger partial charge >= 0.3 is 0 Å². The molecule has 104 valence electrons. The van der Waals surface area contributed by atoms with Crippen molar-refractivity contribution in [1.82, 2.24) is 0 Å². The molecule has 2 aromatic rings. The zero-order valence-electron chi connectivity index (χ0n) is 9.88. The fraction of sp³-hybridized carbons (Fsp3) is 0. The van der Waals surface area contributed by atoms with Crippen LogP contribution >= 0.6 is 23.2 Å². The van der Waals surface area contributed by atoms with Crippen LogP contribution in [0.1, 0.15) is 10.4 Å². The van der Waals surface area contributed by atoms with E-state index in [-0.39, 0.29) is 27.0 Å². The lowest BCUT2D eigenvalue weighted by Crippen LogP contribution is -2.15. The van der Waals surface area contributed by atoms with Crippen molar-refractivity contribution in [3.05, 3.63) is 57.6 Å². The first-order chi connectivity index (χ1) is 9.40. The highest BCUT2D eigenvalue weighted by Crippen LogP contribution is 2.28. The van der Waals surface area contributed by atoms with Crippen molar-refractivity contribution in [3.63, 3.8) is 0 Å². The monoisotopic (exact) mass is 316 g/mol. The Bertz CT molecular complexity index is 669. The van der Waals surface area contributed by atoms with Crippen molar-refractivity contribution in [2.24, 2.45) is 0 Å². The Hall–Kier alpha value is -1.85. The van der Waals surface area contributed by atoms with Gasteiger partial charge in [-0.15, -0.1) is 0 Å². The van der Waals surface area contributed by atoms with Crippen molar-refractivity contribution in [2.45, 2.75) is 0 Å². The molecule has 3 N–H and O–H groups in total. The number of rotatable bonds is 2. The van der Waals surface area contributed by atoms with Gasteiger partial charge in [0.05, 0.1) is 21.3 Å². The van der Waals surface area contributed by atoms with E-state index in [1.165, 1.54) is 18.2 Å². The fourth-order valence-electron chi connectivity index (χ4n) is 1.59. The van der Waals surface area contributed by atoms with Crippen LogP contribution in [0.25, 0.3) is 0 Å². The fourth-order valence-corrected chi connectivity index (χ4v) is 1.97. The largest absolute Gasteiger partial charge is 0.397 e. The lowest BCUT2D eigenvalue weighted by molar-refractivity contribution is 0.102. The summed E-state index contributed by atoms with van der Waals surface area (Å²) in [5, 5.41) is 2.46. The van der Waals surface area contributed by atoms with E-state index in [0.717, 1.165) is 6.07 Å². The molecular weight excluding hydrogens is 309 g/mol. The van der Waals surface area contributed by atoms with Crippen LogP contribution < -0.4 is 11.1 Å². The molecule has 1 amide bonds. The molecule has 3 nitrogen and oxygen atoms in total. The van der Waals surface area contributed by atoms with Gasteiger partial charge < -0.3 is 11.1 Å². The third-order valence-corrected chi connectivity index (χ3v) is 3.34. The van der Waals surface area contributed by atoms with Gasteiger partial charge in [0.25, 0.3) is 5.91 Å². The molecule has 0 aliphatic heterocycles. The van der Waals surface area contributed by atoms with Crippen molar-refractivity contribution < 1.29 is 13.6 Å². The predicted octanol–water partition coefficient (Wildman–Crippen LogP) is 4.11. The second kappa shape index (κ2) is 5.64. The number of anilines is 2. The third kappa shape index (κ3) is 2.84. The molecule has 0 unspecified atom stereocenters. The highest BCUT2D eigenvalue weighted by Gasteiger charge is 2.16. The smallest absolute Gasteiger partial charge is 0.257 e. The van der Waals surface area contributed by atoms with E-state index in [4.69, 9.17) is 28.9 Å². The van der Waals surface area contributed by atoms with Crippen LogP contribution in [0.5, 0.6) is 0 Å². The molecular formula is C13H8Cl2F2N2O. The Morgan fingerprint density at radius 3 is 2.55 bits per heavy atom. The van der Waals surface area contributed by atoms with Gasteiger partial charge in [-0.05, 0) is 18.2 Å². The molecule has 2 rings (SSSR count). The van der Waals surface area contributed by atoms with Crippen molar-refractivity contribution >= 4 is 40.5 Å². The van der Waals surface area contributed by atoms with Gasteiger partial charge in [-0.25, -0.2) is 8.78 Å². The molecule has 2 aromatic carbocycles. The normalized spacial score (nSPS) is 10.4. The Kier molecular flexibility index (Phi) is 4.11. The number of nitrogen functional groups attached to an aromatic ring is 1. The number of hydrogen-bond donors (Lipinski definition) is 2. The molecule has 0 saturated carbocycles. The van der Waals surface area contributed by atoms with E-state index in [0.29, 0.717) is 6.07 Å². The molecule has 0 spiro atoms. The number of hydrogen-bond acceptors (Lipinski definition) is 2. The van der Waals surface area contributed by atoms with Crippen LogP contribution in [0.15, 0.2) is 30.3 Å². The van der Waals surface area contributed by atoms with Gasteiger partial charge in [0.1, 0.15) is 11.5 Å². The summed E-state index contributed by atoms with van der Waals surface area (Å²) in [7, 11) is 0. The first-order valence-electron chi connectivity index (χ1n) is 5.40. The molecule has 0 aliphatic rings. The summed E-state index contributed by atoms with van der Waals surface area (Å²) in [6.07, 6.45) is 0. The summed E-state index contributed by atoms with van der Waals surface area (Å²) >= 11 is 11.7. The van der Waals surface area contributed by atoms with E-state index in [9.17, 15) is 13.6 Å². The van der Waals surface area contributed by atoms with Gasteiger partial charge in [-0.1, -0.05) is 29.3 Å². The number of carbonyl (C=O) groups is 1. The van der Waals surface area contributed by atoms with E-state index in [1.807, 2.05) is 0 Å². The minimum absolute atomic E-state index is 0.0350. The Morgan fingerprint density at radius 2 is 1.90 bits per heavy atom. The SMILES string of the molecule is Nc1cc(F)cc(F)c1NC(=O)c1cccc(Cl)c1Cl. The van der Waals surface area contributed by atoms with Gasteiger partial charge in [-0.3, -0.25) is 4.79 Å². The molecule has 0 saturated heterocycles. The highest BCUT2D eigenvalue weighted by molar-refractivity contribution is 6.44. The average molecular weight is 317 g/mol. The second-order valence-electron chi connectivity index (χ2n) is 3.91. The number of amides is 1. The molecule has 0 aromatic heterocycles. The van der Waals surface area contributed by atoms with E-state index < -0.39 is 17.5 Å². The maximum absolute atomic E-state index is 13.6. The van der Waals surface area contributed by atoms with E-state index in [1.54, 1.807) is 0 Å². The van der Waals surface area contributed by atoms with Crippen LogP contribution in [-0.4, -0.2) is 5.91 Å². The summed E-state index contributed by atoms with van der Waals surface area (Å²) in [4.78, 5) is 12.0. The molecule has 0 aliphatic carbocycles. The number of nitrogens with two attached hydrogens (primary N) is 1.